The number of likely N-dealkylation sites (tertiary alicyclic amines) is 1. The van der Waals surface area contributed by atoms with Crippen molar-refractivity contribution < 1.29 is 36.3 Å². The number of anilines is 3. The van der Waals surface area contributed by atoms with Gasteiger partial charge in [0.25, 0.3) is 0 Å². The predicted molar refractivity (Wildman–Crippen MR) is 156 cm³/mol. The predicted octanol–water partition coefficient (Wildman–Crippen LogP) is 2.91. The highest BCUT2D eigenvalue weighted by atomic mass is 32.2. The number of halogens is 3. The van der Waals surface area contributed by atoms with Crippen LogP contribution in [0.15, 0.2) is 71.8 Å². The molecule has 0 spiro atoms. The van der Waals surface area contributed by atoms with Gasteiger partial charge in [0.05, 0.1) is 10.8 Å². The first kappa shape index (κ1) is 32.6. The third-order valence-electron chi connectivity index (χ3n) is 7.25. The van der Waals surface area contributed by atoms with Crippen LogP contribution in [0.4, 0.5) is 30.6 Å². The fraction of sp³-hybridized carbons (Fsp3) is 0.357. The topological polar surface area (TPSA) is 180 Å². The smallest absolute Gasteiger partial charge is 0.475 e. The average molecular weight is 636 g/mol. The molecule has 16 heteroatoms. The molecule has 0 bridgehead atoms. The van der Waals surface area contributed by atoms with Gasteiger partial charge in [-0.25, -0.2) is 23.3 Å². The van der Waals surface area contributed by atoms with Crippen LogP contribution in [-0.4, -0.2) is 78.7 Å². The molecule has 2 aliphatic heterocycles. The summed E-state index contributed by atoms with van der Waals surface area (Å²) in [4.78, 5) is 33.1. The number of benzene rings is 2. The summed E-state index contributed by atoms with van der Waals surface area (Å²) < 4.78 is 54.6. The number of carbonyl (C=O) groups excluding carboxylic acids is 1. The number of sulfonamides is 1. The van der Waals surface area contributed by atoms with E-state index in [4.69, 9.17) is 15.0 Å². The van der Waals surface area contributed by atoms with Crippen molar-refractivity contribution in [1.29, 1.82) is 0 Å². The second kappa shape index (κ2) is 14.0. The van der Waals surface area contributed by atoms with Gasteiger partial charge in [0.2, 0.25) is 21.9 Å². The minimum atomic E-state index is -5.08. The van der Waals surface area contributed by atoms with Crippen molar-refractivity contribution in [3.8, 4) is 0 Å². The molecule has 2 saturated heterocycles. The number of nitrogens with two attached hydrogens (primary N) is 1. The lowest BCUT2D eigenvalue weighted by atomic mass is 9.87. The summed E-state index contributed by atoms with van der Waals surface area (Å²) in [5.41, 5.74) is 1.86. The van der Waals surface area contributed by atoms with Gasteiger partial charge in [-0.2, -0.15) is 18.2 Å². The lowest BCUT2D eigenvalue weighted by Crippen LogP contribution is -2.46. The number of piperidine rings is 1. The second-order valence-corrected chi connectivity index (χ2v) is 11.9. The van der Waals surface area contributed by atoms with Gasteiger partial charge >= 0.3 is 12.1 Å². The van der Waals surface area contributed by atoms with E-state index in [1.165, 1.54) is 17.7 Å². The first-order valence-corrected chi connectivity index (χ1v) is 15.2. The first-order valence-electron chi connectivity index (χ1n) is 13.7. The molecule has 2 aromatic carbocycles. The zero-order chi connectivity index (χ0) is 31.9. The molecule has 2 aliphatic rings. The summed E-state index contributed by atoms with van der Waals surface area (Å²) in [6.07, 6.45) is -1.75. The molecule has 3 aromatic rings. The lowest BCUT2D eigenvalue weighted by Gasteiger charge is -2.35. The number of hydrogen-bond donors (Lipinski definition) is 5. The quantitative estimate of drug-likeness (QED) is 0.259. The number of primary sulfonamides is 1. The van der Waals surface area contributed by atoms with Gasteiger partial charge in [0, 0.05) is 50.0 Å². The number of alkyl halides is 3. The third kappa shape index (κ3) is 8.87. The Bertz CT molecular complexity index is 1540. The second-order valence-electron chi connectivity index (χ2n) is 10.3. The molecule has 2 unspecified atom stereocenters. The van der Waals surface area contributed by atoms with Crippen molar-refractivity contribution in [2.45, 2.75) is 35.9 Å². The number of carboxylic acids is 1. The Morgan fingerprint density at radius 2 is 1.64 bits per heavy atom. The Morgan fingerprint density at radius 1 is 1.00 bits per heavy atom. The normalized spacial score (nSPS) is 19.0. The minimum absolute atomic E-state index is 0.0265. The van der Waals surface area contributed by atoms with Crippen molar-refractivity contribution in [2.75, 3.05) is 36.8 Å². The fourth-order valence-electron chi connectivity index (χ4n) is 5.03. The van der Waals surface area contributed by atoms with Crippen LogP contribution in [0.1, 0.15) is 24.3 Å². The number of amides is 1. The van der Waals surface area contributed by atoms with Crippen LogP contribution in [0, 0.1) is 5.92 Å². The van der Waals surface area contributed by atoms with Gasteiger partial charge in [-0.15, -0.1) is 0 Å². The zero-order valence-corrected chi connectivity index (χ0v) is 24.2. The van der Waals surface area contributed by atoms with Crippen LogP contribution in [0.25, 0.3) is 0 Å². The van der Waals surface area contributed by atoms with E-state index in [0.717, 1.165) is 25.9 Å². The number of nitrogens with one attached hydrogen (secondary N) is 3. The van der Waals surface area contributed by atoms with Crippen LogP contribution in [-0.2, 0) is 19.6 Å². The maximum absolute atomic E-state index is 13.3. The maximum Gasteiger partial charge on any atom is 0.490 e. The van der Waals surface area contributed by atoms with Gasteiger partial charge in [-0.1, -0.05) is 30.3 Å². The van der Waals surface area contributed by atoms with Crippen LogP contribution < -0.4 is 21.1 Å². The molecule has 0 saturated carbocycles. The summed E-state index contributed by atoms with van der Waals surface area (Å²) in [6.45, 7) is 2.97. The van der Waals surface area contributed by atoms with Gasteiger partial charge in [0.1, 0.15) is 5.82 Å². The monoisotopic (exact) mass is 635 g/mol. The van der Waals surface area contributed by atoms with Crippen LogP contribution >= 0.6 is 0 Å². The molecule has 6 N–H and O–H groups in total. The highest BCUT2D eigenvalue weighted by Gasteiger charge is 2.38. The Hall–Kier alpha value is -4.28. The van der Waals surface area contributed by atoms with Crippen molar-refractivity contribution in [3.63, 3.8) is 0 Å². The number of aliphatic carboxylic acids is 1. The molecule has 1 amide bonds. The lowest BCUT2D eigenvalue weighted by molar-refractivity contribution is -0.192. The van der Waals surface area contributed by atoms with E-state index < -0.39 is 22.2 Å². The van der Waals surface area contributed by atoms with E-state index in [9.17, 15) is 26.4 Å². The van der Waals surface area contributed by atoms with Crippen molar-refractivity contribution >= 4 is 39.4 Å². The summed E-state index contributed by atoms with van der Waals surface area (Å²) in [5.74, 6) is -1.25. The molecule has 236 valence electrons. The van der Waals surface area contributed by atoms with Gasteiger partial charge in [-0.3, -0.25) is 4.79 Å². The summed E-state index contributed by atoms with van der Waals surface area (Å²) in [6, 6.07) is 18.4. The third-order valence-corrected chi connectivity index (χ3v) is 8.18. The molecule has 3 heterocycles. The average Bonchev–Trinajstić information content (AvgIpc) is 3.48. The van der Waals surface area contributed by atoms with Gasteiger partial charge in [-0.05, 0) is 48.7 Å². The highest BCUT2D eigenvalue weighted by molar-refractivity contribution is 7.89. The Labute approximate surface area is 251 Å². The molecule has 2 fully saturated rings. The van der Waals surface area contributed by atoms with E-state index in [1.54, 1.807) is 24.4 Å². The maximum atomic E-state index is 13.3. The zero-order valence-electron chi connectivity index (χ0n) is 23.4. The van der Waals surface area contributed by atoms with Crippen molar-refractivity contribution in [2.24, 2.45) is 11.1 Å². The number of carboxylic acid groups (broad SMARTS) is 1. The van der Waals surface area contributed by atoms with Crippen molar-refractivity contribution in [3.05, 3.63) is 72.4 Å². The first-order chi connectivity index (χ1) is 20.8. The van der Waals surface area contributed by atoms with E-state index in [2.05, 4.69) is 38.1 Å². The standard InChI is InChI=1S/C26H31N7O3S.C2HF3O2/c27-37(35,36)21-8-6-19(7-9-21)31-26-29-13-10-24(32-26)30-20-11-14-33(15-12-20)25(34)23-17-28-16-22(23)18-4-2-1-3-5-18;3-2(4,5)1(6)7/h1-10,13,20,22-23,28H,11-12,14-17H2,(H2,27,35,36)(H2,29,30,31,32);(H,6,7). The van der Waals surface area contributed by atoms with Crippen molar-refractivity contribution in [1.82, 2.24) is 20.2 Å². The molecular weight excluding hydrogens is 603 g/mol. The number of nitrogens with zero attached hydrogens (tertiary/aromatic N) is 3. The Morgan fingerprint density at radius 3 is 2.23 bits per heavy atom. The molecule has 44 heavy (non-hydrogen) atoms. The Kier molecular flexibility index (Phi) is 10.4. The molecule has 1 aromatic heterocycles. The number of rotatable bonds is 7. The van der Waals surface area contributed by atoms with Crippen LogP contribution in [0.2, 0.25) is 0 Å². The molecular formula is C28H32F3N7O5S. The summed E-state index contributed by atoms with van der Waals surface area (Å²) in [7, 11) is -3.74. The molecule has 12 nitrogen and oxygen atoms in total. The van der Waals surface area contributed by atoms with E-state index in [1.807, 2.05) is 23.1 Å². The van der Waals surface area contributed by atoms with E-state index >= 15 is 0 Å². The number of hydrogen-bond acceptors (Lipinski definition) is 9. The van der Waals surface area contributed by atoms with E-state index in [-0.39, 0.29) is 28.7 Å². The van der Waals surface area contributed by atoms with Crippen LogP contribution in [0.3, 0.4) is 0 Å². The van der Waals surface area contributed by atoms with E-state index in [0.29, 0.717) is 30.5 Å². The summed E-state index contributed by atoms with van der Waals surface area (Å²) in [5, 5.41) is 22.2. The fourth-order valence-corrected chi connectivity index (χ4v) is 5.55. The number of aromatic nitrogens is 2. The molecule has 0 radical (unpaired) electrons. The van der Waals surface area contributed by atoms with Crippen LogP contribution in [0.5, 0.6) is 0 Å². The Balaban J connectivity index is 0.000000566. The van der Waals surface area contributed by atoms with Gasteiger partial charge in [0.15, 0.2) is 0 Å². The molecule has 0 aliphatic carbocycles. The minimum Gasteiger partial charge on any atom is -0.475 e. The largest absolute Gasteiger partial charge is 0.490 e. The molecule has 2 atom stereocenters. The summed E-state index contributed by atoms with van der Waals surface area (Å²) >= 11 is 0. The highest BCUT2D eigenvalue weighted by Crippen LogP contribution is 2.30. The van der Waals surface area contributed by atoms with Gasteiger partial charge < -0.3 is 26.0 Å². The molecule has 5 rings (SSSR count). The SMILES string of the molecule is NS(=O)(=O)c1ccc(Nc2nccc(NC3CCN(C(=O)C4CNCC4c4ccccc4)CC3)n2)cc1.O=C(O)C(F)(F)F. The number of carbonyl (C=O) groups is 2.